The van der Waals surface area contributed by atoms with Gasteiger partial charge in [-0.15, -0.1) is 0 Å². The van der Waals surface area contributed by atoms with Gasteiger partial charge in [-0.1, -0.05) is 29.8 Å². The molecule has 0 bridgehead atoms. The third kappa shape index (κ3) is 3.19. The summed E-state index contributed by atoms with van der Waals surface area (Å²) in [6, 6.07) is 0. The summed E-state index contributed by atoms with van der Waals surface area (Å²) in [5.41, 5.74) is -0.135. The number of rotatable bonds is 3. The van der Waals surface area contributed by atoms with Crippen LogP contribution >= 0.6 is 15.9 Å². The van der Waals surface area contributed by atoms with Gasteiger partial charge in [-0.3, -0.25) is 0 Å². The van der Waals surface area contributed by atoms with E-state index in [9.17, 15) is 4.79 Å². The van der Waals surface area contributed by atoms with Crippen LogP contribution < -0.4 is 0 Å². The highest BCUT2D eigenvalue weighted by molar-refractivity contribution is 9.09. The molecule has 1 nitrogen and oxygen atoms in total. The Kier molecular flexibility index (Phi) is 3.29. The quantitative estimate of drug-likeness (QED) is 0.478. The summed E-state index contributed by atoms with van der Waals surface area (Å²) < 4.78 is 0. The van der Waals surface area contributed by atoms with Gasteiger partial charge >= 0.3 is 0 Å². The van der Waals surface area contributed by atoms with E-state index in [0.717, 1.165) is 18.0 Å². The minimum atomic E-state index is -0.135. The Balaban J connectivity index is 3.53. The normalized spacial score (nSPS) is 11.4. The summed E-state index contributed by atoms with van der Waals surface area (Å²) in [5.74, 6) is 0. The molecular weight excluding hydrogens is 168 g/mol. The van der Waals surface area contributed by atoms with Crippen molar-refractivity contribution in [3.05, 3.63) is 0 Å². The third-order valence-electron chi connectivity index (χ3n) is 1.06. The predicted octanol–water partition coefficient (Wildman–Crippen LogP) is 2.00. The van der Waals surface area contributed by atoms with Gasteiger partial charge in [-0.05, 0) is 6.42 Å². The first-order chi connectivity index (χ1) is 3.62. The molecule has 0 heterocycles. The first kappa shape index (κ1) is 8.15. The van der Waals surface area contributed by atoms with E-state index in [4.69, 9.17) is 0 Å². The molecule has 0 aromatic carbocycles. The average molecular weight is 179 g/mol. The second-order valence-corrected chi connectivity index (χ2v) is 3.34. The number of carbonyl (C=O) groups excluding carboxylic acids is 1. The molecule has 0 radical (unpaired) electrons. The SMILES string of the molecule is CC(C)(C=O)CCBr. The predicted molar refractivity (Wildman–Crippen MR) is 38.3 cm³/mol. The van der Waals surface area contributed by atoms with Crippen LogP contribution in [0.5, 0.6) is 0 Å². The molecule has 0 fully saturated rings. The average Bonchev–Trinajstić information content (AvgIpc) is 1.67. The van der Waals surface area contributed by atoms with Gasteiger partial charge in [0.2, 0.25) is 0 Å². The monoisotopic (exact) mass is 178 g/mol. The highest BCUT2D eigenvalue weighted by Gasteiger charge is 2.13. The number of halogens is 1. The molecule has 0 rings (SSSR count). The van der Waals surface area contributed by atoms with E-state index in [2.05, 4.69) is 15.9 Å². The largest absolute Gasteiger partial charge is 0.303 e. The fourth-order valence-corrected chi connectivity index (χ4v) is 1.32. The zero-order valence-electron chi connectivity index (χ0n) is 5.28. The number of hydrogen-bond donors (Lipinski definition) is 0. The smallest absolute Gasteiger partial charge is 0.125 e. The number of aldehydes is 1. The van der Waals surface area contributed by atoms with Gasteiger partial charge in [0, 0.05) is 10.7 Å². The van der Waals surface area contributed by atoms with Crippen LogP contribution in [0.15, 0.2) is 0 Å². The molecular formula is C6H11BrO. The van der Waals surface area contributed by atoms with E-state index in [1.807, 2.05) is 13.8 Å². The van der Waals surface area contributed by atoms with Crippen molar-refractivity contribution in [2.24, 2.45) is 5.41 Å². The van der Waals surface area contributed by atoms with E-state index in [0.29, 0.717) is 0 Å². The summed E-state index contributed by atoms with van der Waals surface area (Å²) in [6.07, 6.45) is 1.91. The van der Waals surface area contributed by atoms with Crippen LogP contribution in [0.25, 0.3) is 0 Å². The maximum Gasteiger partial charge on any atom is 0.125 e. The van der Waals surface area contributed by atoms with Crippen LogP contribution in [0, 0.1) is 5.41 Å². The summed E-state index contributed by atoms with van der Waals surface area (Å²) in [5, 5.41) is 0.902. The van der Waals surface area contributed by atoms with Gasteiger partial charge in [-0.2, -0.15) is 0 Å². The first-order valence-electron chi connectivity index (χ1n) is 2.65. The van der Waals surface area contributed by atoms with Crippen molar-refractivity contribution in [2.45, 2.75) is 20.3 Å². The number of carbonyl (C=O) groups is 1. The maximum atomic E-state index is 10.2. The summed E-state index contributed by atoms with van der Waals surface area (Å²) in [4.78, 5) is 10.2. The van der Waals surface area contributed by atoms with Gasteiger partial charge < -0.3 is 4.79 Å². The molecule has 2 heteroatoms. The summed E-state index contributed by atoms with van der Waals surface area (Å²) in [7, 11) is 0. The van der Waals surface area contributed by atoms with Crippen molar-refractivity contribution >= 4 is 22.2 Å². The van der Waals surface area contributed by atoms with Crippen molar-refractivity contribution in [3.8, 4) is 0 Å². The van der Waals surface area contributed by atoms with E-state index < -0.39 is 0 Å². The molecule has 0 aliphatic rings. The molecule has 48 valence electrons. The Labute approximate surface area is 58.6 Å². The van der Waals surface area contributed by atoms with E-state index in [-0.39, 0.29) is 5.41 Å². The zero-order chi connectivity index (χ0) is 6.62. The molecule has 0 amide bonds. The van der Waals surface area contributed by atoms with E-state index in [1.54, 1.807) is 0 Å². The molecule has 0 atom stereocenters. The van der Waals surface area contributed by atoms with Crippen molar-refractivity contribution in [3.63, 3.8) is 0 Å². The molecule has 0 unspecified atom stereocenters. The lowest BCUT2D eigenvalue weighted by molar-refractivity contribution is -0.114. The minimum absolute atomic E-state index is 0.135. The van der Waals surface area contributed by atoms with E-state index >= 15 is 0 Å². The van der Waals surface area contributed by atoms with Gasteiger partial charge in [0.25, 0.3) is 0 Å². The lowest BCUT2D eigenvalue weighted by Gasteiger charge is -2.12. The summed E-state index contributed by atoms with van der Waals surface area (Å²) in [6.45, 7) is 3.86. The highest BCUT2D eigenvalue weighted by Crippen LogP contribution is 2.16. The van der Waals surface area contributed by atoms with E-state index in [1.165, 1.54) is 0 Å². The Hall–Kier alpha value is 0.150. The Morgan fingerprint density at radius 2 is 2.12 bits per heavy atom. The molecule has 0 aromatic heterocycles. The number of alkyl halides is 1. The number of hydrogen-bond acceptors (Lipinski definition) is 1. The molecule has 0 aliphatic carbocycles. The topological polar surface area (TPSA) is 17.1 Å². The highest BCUT2D eigenvalue weighted by atomic mass is 79.9. The molecule has 0 saturated carbocycles. The van der Waals surface area contributed by atoms with Gasteiger partial charge in [0.1, 0.15) is 6.29 Å². The van der Waals surface area contributed by atoms with Gasteiger partial charge in [0.05, 0.1) is 0 Å². The van der Waals surface area contributed by atoms with Crippen molar-refractivity contribution in [1.29, 1.82) is 0 Å². The van der Waals surface area contributed by atoms with Crippen molar-refractivity contribution in [2.75, 3.05) is 5.33 Å². The zero-order valence-corrected chi connectivity index (χ0v) is 6.86. The van der Waals surface area contributed by atoms with Crippen molar-refractivity contribution in [1.82, 2.24) is 0 Å². The second kappa shape index (κ2) is 3.23. The van der Waals surface area contributed by atoms with Crippen molar-refractivity contribution < 1.29 is 4.79 Å². The molecule has 0 spiro atoms. The molecule has 0 aliphatic heterocycles. The Morgan fingerprint density at radius 1 is 1.62 bits per heavy atom. The first-order valence-corrected chi connectivity index (χ1v) is 3.77. The van der Waals surface area contributed by atoms with Gasteiger partial charge in [0.15, 0.2) is 0 Å². The Morgan fingerprint density at radius 3 is 2.25 bits per heavy atom. The van der Waals surface area contributed by atoms with Crippen LogP contribution in [0.2, 0.25) is 0 Å². The molecule has 0 aromatic rings. The fourth-order valence-electron chi connectivity index (χ4n) is 0.302. The minimum Gasteiger partial charge on any atom is -0.303 e. The maximum absolute atomic E-state index is 10.2. The lowest BCUT2D eigenvalue weighted by atomic mass is 9.93. The third-order valence-corrected chi connectivity index (χ3v) is 1.45. The van der Waals surface area contributed by atoms with Crippen LogP contribution in [0.1, 0.15) is 20.3 Å². The van der Waals surface area contributed by atoms with Crippen LogP contribution in [0.3, 0.4) is 0 Å². The second-order valence-electron chi connectivity index (χ2n) is 2.55. The van der Waals surface area contributed by atoms with Crippen LogP contribution in [-0.2, 0) is 4.79 Å². The molecule has 0 N–H and O–H groups in total. The Bertz CT molecular complexity index is 78.6. The lowest BCUT2D eigenvalue weighted by Crippen LogP contribution is -2.12. The molecule has 0 saturated heterocycles. The summed E-state index contributed by atoms with van der Waals surface area (Å²) >= 11 is 3.27. The van der Waals surface area contributed by atoms with Gasteiger partial charge in [-0.25, -0.2) is 0 Å². The molecule has 8 heavy (non-hydrogen) atoms. The van der Waals surface area contributed by atoms with Crippen LogP contribution in [-0.4, -0.2) is 11.6 Å². The fraction of sp³-hybridized carbons (Fsp3) is 0.833. The van der Waals surface area contributed by atoms with Crippen LogP contribution in [0.4, 0.5) is 0 Å². The standard InChI is InChI=1S/C6H11BrO/c1-6(2,5-8)3-4-7/h5H,3-4H2,1-2H3.